The van der Waals surface area contributed by atoms with Crippen molar-refractivity contribution in [1.82, 2.24) is 9.71 Å². The van der Waals surface area contributed by atoms with Crippen molar-refractivity contribution in [3.05, 3.63) is 23.0 Å². The van der Waals surface area contributed by atoms with Crippen molar-refractivity contribution in [2.75, 3.05) is 6.26 Å². The first-order chi connectivity index (χ1) is 7.20. The summed E-state index contributed by atoms with van der Waals surface area (Å²) in [5, 5.41) is 18.9. The van der Waals surface area contributed by atoms with Crippen LogP contribution >= 0.6 is 21.8 Å². The third kappa shape index (κ3) is 3.27. The molecule has 0 spiro atoms. The minimum Gasteiger partial charge on any atom is -0.506 e. The highest BCUT2D eigenvalue weighted by atomic mass is 33.1. The zero-order valence-corrected chi connectivity index (χ0v) is 10.3. The van der Waals surface area contributed by atoms with Gasteiger partial charge in [-0.3, -0.25) is 9.71 Å². The summed E-state index contributed by atoms with van der Waals surface area (Å²) in [6.45, 7) is 2.14. The van der Waals surface area contributed by atoms with Crippen LogP contribution < -0.4 is 4.72 Å². The zero-order valence-electron chi connectivity index (χ0n) is 8.65. The maximum Gasteiger partial charge on any atom is 0.141 e. The summed E-state index contributed by atoms with van der Waals surface area (Å²) < 4.78 is 3.07. The maximum atomic E-state index is 9.78. The van der Waals surface area contributed by atoms with Crippen LogP contribution in [0.15, 0.2) is 6.20 Å². The third-order valence-corrected chi connectivity index (χ3v) is 3.27. The fourth-order valence-electron chi connectivity index (χ4n) is 1.18. The fraction of sp³-hybridized carbons (Fsp3) is 0.444. The second-order valence-electron chi connectivity index (χ2n) is 2.93. The Morgan fingerprint density at radius 3 is 2.87 bits per heavy atom. The first kappa shape index (κ1) is 12.6. The van der Waals surface area contributed by atoms with Gasteiger partial charge in [0.2, 0.25) is 0 Å². The van der Waals surface area contributed by atoms with Gasteiger partial charge in [-0.25, -0.2) is 0 Å². The molecule has 84 valence electrons. The van der Waals surface area contributed by atoms with Crippen molar-refractivity contribution in [1.29, 1.82) is 0 Å². The average molecular weight is 246 g/mol. The quantitative estimate of drug-likeness (QED) is 0.417. The summed E-state index contributed by atoms with van der Waals surface area (Å²) in [4.78, 5) is 3.99. The zero-order chi connectivity index (χ0) is 11.3. The molecular weight excluding hydrogens is 232 g/mol. The highest BCUT2D eigenvalue weighted by molar-refractivity contribution is 8.75. The van der Waals surface area contributed by atoms with Crippen molar-refractivity contribution in [2.45, 2.75) is 20.1 Å². The number of aromatic nitrogens is 1. The maximum absolute atomic E-state index is 9.78. The topological polar surface area (TPSA) is 65.4 Å². The molecule has 0 aromatic carbocycles. The second-order valence-corrected chi connectivity index (χ2v) is 5.21. The van der Waals surface area contributed by atoms with Gasteiger partial charge in [0.05, 0.1) is 12.3 Å². The Hall–Kier alpha value is -0.430. The molecule has 0 saturated carbocycles. The Balaban J connectivity index is 2.86. The van der Waals surface area contributed by atoms with E-state index in [0.717, 1.165) is 0 Å². The number of aliphatic hydroxyl groups excluding tert-OH is 1. The van der Waals surface area contributed by atoms with Crippen LogP contribution in [0.2, 0.25) is 0 Å². The molecule has 0 atom stereocenters. The van der Waals surface area contributed by atoms with E-state index in [2.05, 4.69) is 9.71 Å². The second kappa shape index (κ2) is 6.22. The lowest BCUT2D eigenvalue weighted by Crippen LogP contribution is -2.07. The number of nitrogens with one attached hydrogen (secondary N) is 1. The first-order valence-electron chi connectivity index (χ1n) is 4.40. The van der Waals surface area contributed by atoms with Gasteiger partial charge in [-0.05, 0) is 24.2 Å². The molecule has 1 rings (SSSR count). The molecule has 1 heterocycles. The van der Waals surface area contributed by atoms with Gasteiger partial charge in [0, 0.05) is 23.9 Å². The molecule has 1 aromatic heterocycles. The number of rotatable bonds is 5. The van der Waals surface area contributed by atoms with Gasteiger partial charge < -0.3 is 10.2 Å². The largest absolute Gasteiger partial charge is 0.506 e. The van der Waals surface area contributed by atoms with Gasteiger partial charge in [-0.2, -0.15) is 0 Å². The normalized spacial score (nSPS) is 10.6. The summed E-state index contributed by atoms with van der Waals surface area (Å²) in [6, 6.07) is 0. The molecule has 0 unspecified atom stereocenters. The van der Waals surface area contributed by atoms with Crippen molar-refractivity contribution in [2.24, 2.45) is 0 Å². The van der Waals surface area contributed by atoms with Crippen molar-refractivity contribution in [3.8, 4) is 5.75 Å². The Morgan fingerprint density at radius 2 is 2.27 bits per heavy atom. The lowest BCUT2D eigenvalue weighted by Gasteiger charge is -2.11. The molecule has 15 heavy (non-hydrogen) atoms. The van der Waals surface area contributed by atoms with E-state index in [1.807, 2.05) is 6.26 Å². The Bertz CT molecular complexity index is 334. The number of nitrogens with zero attached hydrogens (tertiary/aromatic N) is 1. The van der Waals surface area contributed by atoms with E-state index in [1.54, 1.807) is 23.9 Å². The third-order valence-electron chi connectivity index (χ3n) is 1.99. The molecule has 0 aliphatic heterocycles. The van der Waals surface area contributed by atoms with Gasteiger partial charge >= 0.3 is 0 Å². The fourth-order valence-corrected chi connectivity index (χ4v) is 2.03. The SMILES string of the molecule is CSSNCc1c(CO)cnc(C)c1O. The Morgan fingerprint density at radius 1 is 1.53 bits per heavy atom. The number of hydrogen-bond donors (Lipinski definition) is 3. The molecule has 6 heteroatoms. The standard InChI is InChI=1S/C9H14N2O2S2/c1-6-9(13)8(4-11-15-14-2)7(5-12)3-10-6/h3,11-13H,4-5H2,1-2H3. The highest BCUT2D eigenvalue weighted by Crippen LogP contribution is 2.25. The van der Waals surface area contributed by atoms with E-state index in [0.29, 0.717) is 23.4 Å². The van der Waals surface area contributed by atoms with Crippen LogP contribution in [0.4, 0.5) is 0 Å². The molecule has 4 nitrogen and oxygen atoms in total. The molecule has 1 aromatic rings. The van der Waals surface area contributed by atoms with Gasteiger partial charge in [0.25, 0.3) is 0 Å². The Kier molecular flexibility index (Phi) is 5.24. The van der Waals surface area contributed by atoms with Crippen molar-refractivity contribution in [3.63, 3.8) is 0 Å². The minimum atomic E-state index is -0.109. The molecule has 0 radical (unpaired) electrons. The molecule has 0 amide bonds. The number of aromatic hydroxyl groups is 1. The summed E-state index contributed by atoms with van der Waals surface area (Å²) in [5.74, 6) is 0.163. The van der Waals surface area contributed by atoms with E-state index >= 15 is 0 Å². The van der Waals surface area contributed by atoms with E-state index in [1.165, 1.54) is 11.0 Å². The summed E-state index contributed by atoms with van der Waals surface area (Å²) in [5.41, 5.74) is 1.96. The number of aliphatic hydroxyl groups is 1. The van der Waals surface area contributed by atoms with Gasteiger partial charge in [0.15, 0.2) is 0 Å². The van der Waals surface area contributed by atoms with E-state index < -0.39 is 0 Å². The molecule has 0 saturated heterocycles. The van der Waals surface area contributed by atoms with Crippen molar-refractivity contribution < 1.29 is 10.2 Å². The predicted octanol–water partition coefficient (Wildman–Crippen LogP) is 1.60. The lowest BCUT2D eigenvalue weighted by atomic mass is 10.1. The molecule has 0 fully saturated rings. The molecule has 3 N–H and O–H groups in total. The van der Waals surface area contributed by atoms with Gasteiger partial charge in [-0.1, -0.05) is 10.8 Å². The van der Waals surface area contributed by atoms with Crippen LogP contribution in [0.1, 0.15) is 16.8 Å². The van der Waals surface area contributed by atoms with E-state index in [-0.39, 0.29) is 12.4 Å². The number of hydrogen-bond acceptors (Lipinski definition) is 6. The Labute approximate surface area is 97.0 Å². The summed E-state index contributed by atoms with van der Waals surface area (Å²) >= 11 is 0. The monoisotopic (exact) mass is 246 g/mol. The molecule has 0 aliphatic carbocycles. The molecule has 0 bridgehead atoms. The van der Waals surface area contributed by atoms with Crippen LogP contribution in [0, 0.1) is 6.92 Å². The molecule has 0 aliphatic rings. The summed E-state index contributed by atoms with van der Waals surface area (Å²) in [6.07, 6.45) is 3.55. The van der Waals surface area contributed by atoms with Crippen LogP contribution in [-0.2, 0) is 13.2 Å². The van der Waals surface area contributed by atoms with E-state index in [4.69, 9.17) is 5.11 Å². The smallest absolute Gasteiger partial charge is 0.141 e. The van der Waals surface area contributed by atoms with Crippen LogP contribution in [0.25, 0.3) is 0 Å². The van der Waals surface area contributed by atoms with Gasteiger partial charge in [-0.15, -0.1) is 0 Å². The van der Waals surface area contributed by atoms with Crippen molar-refractivity contribution >= 4 is 21.8 Å². The highest BCUT2D eigenvalue weighted by Gasteiger charge is 2.10. The van der Waals surface area contributed by atoms with Gasteiger partial charge in [0.1, 0.15) is 5.75 Å². The first-order valence-corrected chi connectivity index (χ1v) is 6.96. The average Bonchev–Trinajstić information content (AvgIpc) is 2.25. The number of pyridine rings is 1. The predicted molar refractivity (Wildman–Crippen MR) is 64.5 cm³/mol. The lowest BCUT2D eigenvalue weighted by molar-refractivity contribution is 0.279. The number of aryl methyl sites for hydroxylation is 1. The summed E-state index contributed by atoms with van der Waals surface area (Å²) in [7, 11) is 3.08. The van der Waals surface area contributed by atoms with Crippen LogP contribution in [-0.4, -0.2) is 21.5 Å². The van der Waals surface area contributed by atoms with Crippen LogP contribution in [0.3, 0.4) is 0 Å². The minimum absolute atomic E-state index is 0.109. The van der Waals surface area contributed by atoms with E-state index in [9.17, 15) is 5.11 Å². The van der Waals surface area contributed by atoms with Crippen LogP contribution in [0.5, 0.6) is 5.75 Å². The molecular formula is C9H14N2O2S2.